The molecule has 1 aliphatic heterocycles. The summed E-state index contributed by atoms with van der Waals surface area (Å²) in [6.45, 7) is 11.0. The summed E-state index contributed by atoms with van der Waals surface area (Å²) in [5, 5.41) is 8.98. The van der Waals surface area contributed by atoms with Gasteiger partial charge in [0.25, 0.3) is 0 Å². The second-order valence-electron chi connectivity index (χ2n) is 5.36. The quantitative estimate of drug-likeness (QED) is 0.790. The Balaban J connectivity index is 2.59. The first-order chi connectivity index (χ1) is 8.92. The lowest BCUT2D eigenvalue weighted by Gasteiger charge is -2.27. The summed E-state index contributed by atoms with van der Waals surface area (Å²) in [5.41, 5.74) is 0. The van der Waals surface area contributed by atoms with E-state index in [0.29, 0.717) is 6.04 Å². The van der Waals surface area contributed by atoms with Crippen LogP contribution in [0, 0.1) is 11.8 Å². The number of carboxylic acids is 1. The van der Waals surface area contributed by atoms with Gasteiger partial charge in [-0.2, -0.15) is 0 Å². The van der Waals surface area contributed by atoms with Crippen LogP contribution in [0.15, 0.2) is 0 Å². The Morgan fingerprint density at radius 3 is 2.32 bits per heavy atom. The molecule has 0 bridgehead atoms. The molecule has 110 valence electrons. The molecule has 3 atom stereocenters. The van der Waals surface area contributed by atoms with Crippen molar-refractivity contribution in [2.75, 3.05) is 26.2 Å². The molecule has 1 rings (SSSR count). The molecule has 0 aliphatic carbocycles. The Morgan fingerprint density at radius 1 is 1.26 bits per heavy atom. The van der Waals surface area contributed by atoms with Crippen molar-refractivity contribution < 1.29 is 14.7 Å². The Kier molecular flexibility index (Phi) is 5.79. The molecule has 1 amide bonds. The fourth-order valence-corrected chi connectivity index (χ4v) is 2.70. The highest BCUT2D eigenvalue weighted by molar-refractivity contribution is 5.84. The van der Waals surface area contributed by atoms with Crippen molar-refractivity contribution >= 4 is 11.9 Å². The maximum absolute atomic E-state index is 12.3. The minimum absolute atomic E-state index is 0.0236. The third-order valence-corrected chi connectivity index (χ3v) is 4.33. The van der Waals surface area contributed by atoms with E-state index >= 15 is 0 Å². The molecule has 0 aromatic rings. The highest BCUT2D eigenvalue weighted by Gasteiger charge is 2.34. The van der Waals surface area contributed by atoms with Crippen LogP contribution in [-0.4, -0.2) is 59.0 Å². The van der Waals surface area contributed by atoms with Crippen LogP contribution in [0.25, 0.3) is 0 Å². The zero-order valence-corrected chi connectivity index (χ0v) is 12.4. The number of carboxylic acid groups (broad SMARTS) is 1. The third-order valence-electron chi connectivity index (χ3n) is 4.33. The number of hydrogen-bond donors (Lipinski definition) is 1. The van der Waals surface area contributed by atoms with Gasteiger partial charge in [-0.25, -0.2) is 0 Å². The Labute approximate surface area is 115 Å². The van der Waals surface area contributed by atoms with E-state index in [1.807, 2.05) is 4.90 Å². The molecule has 1 fully saturated rings. The summed E-state index contributed by atoms with van der Waals surface area (Å²) in [5.74, 6) is -2.00. The first-order valence-corrected chi connectivity index (χ1v) is 7.17. The van der Waals surface area contributed by atoms with Gasteiger partial charge in [0.15, 0.2) is 0 Å². The van der Waals surface area contributed by atoms with Crippen molar-refractivity contribution in [1.29, 1.82) is 0 Å². The first kappa shape index (κ1) is 16.0. The van der Waals surface area contributed by atoms with E-state index in [-0.39, 0.29) is 5.91 Å². The predicted molar refractivity (Wildman–Crippen MR) is 73.9 cm³/mol. The van der Waals surface area contributed by atoms with Gasteiger partial charge in [-0.05, 0) is 19.5 Å². The molecule has 3 unspecified atom stereocenters. The normalized spacial score (nSPS) is 22.6. The zero-order valence-electron chi connectivity index (χ0n) is 12.4. The number of aliphatic carboxylic acids is 1. The second kappa shape index (κ2) is 6.89. The fraction of sp³-hybridized carbons (Fsp3) is 0.857. The molecule has 1 saturated heterocycles. The van der Waals surface area contributed by atoms with Gasteiger partial charge in [0.1, 0.15) is 0 Å². The molecular formula is C14H26N2O3. The monoisotopic (exact) mass is 270 g/mol. The van der Waals surface area contributed by atoms with Crippen LogP contribution in [0.5, 0.6) is 0 Å². The maximum atomic E-state index is 12.3. The van der Waals surface area contributed by atoms with Crippen molar-refractivity contribution in [2.24, 2.45) is 11.8 Å². The van der Waals surface area contributed by atoms with E-state index in [4.69, 9.17) is 5.11 Å². The molecule has 0 aromatic carbocycles. The van der Waals surface area contributed by atoms with E-state index < -0.39 is 17.8 Å². The van der Waals surface area contributed by atoms with Gasteiger partial charge in [0.2, 0.25) is 5.91 Å². The molecular weight excluding hydrogens is 244 g/mol. The predicted octanol–water partition coefficient (Wildman–Crippen LogP) is 1.29. The average molecular weight is 270 g/mol. The Hall–Kier alpha value is -1.10. The SMILES string of the molecule is CCN(CC)C1CCN(C(=O)C(C)C(C)C(=O)O)C1. The van der Waals surface area contributed by atoms with E-state index in [9.17, 15) is 9.59 Å². The zero-order chi connectivity index (χ0) is 14.6. The second-order valence-corrected chi connectivity index (χ2v) is 5.36. The third kappa shape index (κ3) is 3.69. The molecule has 5 nitrogen and oxygen atoms in total. The fourth-order valence-electron chi connectivity index (χ4n) is 2.70. The Bertz CT molecular complexity index is 329. The first-order valence-electron chi connectivity index (χ1n) is 7.17. The van der Waals surface area contributed by atoms with Crippen LogP contribution in [0.1, 0.15) is 34.1 Å². The minimum Gasteiger partial charge on any atom is -0.481 e. The van der Waals surface area contributed by atoms with E-state index in [1.165, 1.54) is 0 Å². The van der Waals surface area contributed by atoms with Crippen LogP contribution in [0.4, 0.5) is 0 Å². The van der Waals surface area contributed by atoms with Crippen molar-refractivity contribution in [3.63, 3.8) is 0 Å². The summed E-state index contributed by atoms with van der Waals surface area (Å²) in [6, 6.07) is 0.422. The van der Waals surface area contributed by atoms with Crippen LogP contribution in [-0.2, 0) is 9.59 Å². The van der Waals surface area contributed by atoms with Crippen molar-refractivity contribution in [1.82, 2.24) is 9.80 Å². The van der Waals surface area contributed by atoms with Crippen LogP contribution in [0.2, 0.25) is 0 Å². The number of likely N-dealkylation sites (N-methyl/N-ethyl adjacent to an activating group) is 1. The molecule has 1 N–H and O–H groups in total. The molecule has 0 aromatic heterocycles. The molecule has 0 saturated carbocycles. The molecule has 0 radical (unpaired) electrons. The number of carbonyl (C=O) groups excluding carboxylic acids is 1. The summed E-state index contributed by atoms with van der Waals surface area (Å²) >= 11 is 0. The van der Waals surface area contributed by atoms with Gasteiger partial charge in [-0.3, -0.25) is 14.5 Å². The number of hydrogen-bond acceptors (Lipinski definition) is 3. The summed E-state index contributed by atoms with van der Waals surface area (Å²) in [4.78, 5) is 27.4. The van der Waals surface area contributed by atoms with Gasteiger partial charge >= 0.3 is 5.97 Å². The van der Waals surface area contributed by atoms with Crippen molar-refractivity contribution in [3.8, 4) is 0 Å². The largest absolute Gasteiger partial charge is 0.481 e. The number of rotatable bonds is 6. The number of amides is 1. The van der Waals surface area contributed by atoms with E-state index in [0.717, 1.165) is 32.6 Å². The van der Waals surface area contributed by atoms with E-state index in [1.54, 1.807) is 13.8 Å². The maximum Gasteiger partial charge on any atom is 0.307 e. The average Bonchev–Trinajstić information content (AvgIpc) is 2.87. The smallest absolute Gasteiger partial charge is 0.307 e. The lowest BCUT2D eigenvalue weighted by Crippen LogP contribution is -2.41. The van der Waals surface area contributed by atoms with Crippen LogP contribution < -0.4 is 0 Å². The van der Waals surface area contributed by atoms with Gasteiger partial charge in [-0.15, -0.1) is 0 Å². The highest BCUT2D eigenvalue weighted by atomic mass is 16.4. The van der Waals surface area contributed by atoms with Gasteiger partial charge in [-0.1, -0.05) is 27.7 Å². The summed E-state index contributed by atoms with van der Waals surface area (Å²) in [6.07, 6.45) is 0.988. The van der Waals surface area contributed by atoms with Gasteiger partial charge in [0.05, 0.1) is 5.92 Å². The molecule has 1 aliphatic rings. The lowest BCUT2D eigenvalue weighted by molar-refractivity contribution is -0.148. The van der Waals surface area contributed by atoms with E-state index in [2.05, 4.69) is 18.7 Å². The molecule has 1 heterocycles. The Morgan fingerprint density at radius 2 is 1.84 bits per heavy atom. The van der Waals surface area contributed by atoms with Crippen LogP contribution >= 0.6 is 0 Å². The van der Waals surface area contributed by atoms with Gasteiger partial charge < -0.3 is 10.0 Å². The standard InChI is InChI=1S/C14H26N2O3/c1-5-15(6-2)12-7-8-16(9-12)13(17)10(3)11(4)14(18)19/h10-12H,5-9H2,1-4H3,(H,18,19). The topological polar surface area (TPSA) is 60.9 Å². The number of carbonyl (C=O) groups is 2. The molecule has 5 heteroatoms. The highest BCUT2D eigenvalue weighted by Crippen LogP contribution is 2.21. The van der Waals surface area contributed by atoms with Gasteiger partial charge in [0, 0.05) is 25.0 Å². The molecule has 0 spiro atoms. The summed E-state index contributed by atoms with van der Waals surface area (Å²) < 4.78 is 0. The van der Waals surface area contributed by atoms with Crippen molar-refractivity contribution in [2.45, 2.75) is 40.2 Å². The minimum atomic E-state index is -0.902. The number of likely N-dealkylation sites (tertiary alicyclic amines) is 1. The van der Waals surface area contributed by atoms with Crippen molar-refractivity contribution in [3.05, 3.63) is 0 Å². The lowest BCUT2D eigenvalue weighted by atomic mass is 9.95. The van der Waals surface area contributed by atoms with Crippen LogP contribution in [0.3, 0.4) is 0 Å². The summed E-state index contributed by atoms with van der Waals surface area (Å²) in [7, 11) is 0. The number of nitrogens with zero attached hydrogens (tertiary/aromatic N) is 2. The molecule has 19 heavy (non-hydrogen) atoms.